The lowest BCUT2D eigenvalue weighted by atomic mass is 9.87. The zero-order valence-electron chi connectivity index (χ0n) is 12.2. The van der Waals surface area contributed by atoms with Gasteiger partial charge in [-0.2, -0.15) is 0 Å². The normalized spacial score (nSPS) is 13.5. The Hall–Kier alpha value is -1.12. The molecule has 1 atom stereocenters. The van der Waals surface area contributed by atoms with Gasteiger partial charge in [0.25, 0.3) is 0 Å². The minimum atomic E-state index is 0.232. The van der Waals surface area contributed by atoms with Crippen LogP contribution in [-0.2, 0) is 12.0 Å². The molecule has 1 N–H and O–H groups in total. The maximum absolute atomic E-state index is 3.57. The summed E-state index contributed by atoms with van der Waals surface area (Å²) in [5, 5.41) is 5.70. The summed E-state index contributed by atoms with van der Waals surface area (Å²) in [6, 6.07) is 13.7. The lowest BCUT2D eigenvalue weighted by Gasteiger charge is -2.19. The number of rotatable bonds is 4. The second-order valence-corrected chi connectivity index (χ2v) is 7.04. The molecular weight excluding hydrogens is 250 g/mol. The van der Waals surface area contributed by atoms with Crippen molar-refractivity contribution in [3.63, 3.8) is 0 Å². The van der Waals surface area contributed by atoms with Crippen molar-refractivity contribution in [3.05, 3.63) is 57.8 Å². The quantitative estimate of drug-likeness (QED) is 0.835. The Morgan fingerprint density at radius 2 is 1.79 bits per heavy atom. The molecule has 0 aliphatic carbocycles. The van der Waals surface area contributed by atoms with Crippen LogP contribution in [0.5, 0.6) is 0 Å². The zero-order valence-corrected chi connectivity index (χ0v) is 13.1. The molecule has 2 aromatic rings. The topological polar surface area (TPSA) is 12.0 Å². The van der Waals surface area contributed by atoms with Crippen LogP contribution in [0.25, 0.3) is 0 Å². The molecule has 1 aromatic carbocycles. The van der Waals surface area contributed by atoms with Gasteiger partial charge in [-0.25, -0.2) is 0 Å². The van der Waals surface area contributed by atoms with Crippen molar-refractivity contribution in [2.75, 3.05) is 0 Å². The monoisotopic (exact) mass is 273 g/mol. The van der Waals surface area contributed by atoms with Crippen LogP contribution in [0.1, 0.15) is 49.7 Å². The number of hydrogen-bond acceptors (Lipinski definition) is 2. The molecule has 0 spiro atoms. The second kappa shape index (κ2) is 5.89. The van der Waals surface area contributed by atoms with Gasteiger partial charge in [0.15, 0.2) is 0 Å². The van der Waals surface area contributed by atoms with E-state index in [1.807, 2.05) is 11.3 Å². The van der Waals surface area contributed by atoms with Crippen molar-refractivity contribution in [1.29, 1.82) is 0 Å². The third-order valence-corrected chi connectivity index (χ3v) is 4.46. The maximum atomic E-state index is 3.57. The largest absolute Gasteiger partial charge is 0.305 e. The van der Waals surface area contributed by atoms with Crippen molar-refractivity contribution < 1.29 is 0 Å². The van der Waals surface area contributed by atoms with E-state index in [9.17, 15) is 0 Å². The highest BCUT2D eigenvalue weighted by atomic mass is 32.1. The van der Waals surface area contributed by atoms with Crippen LogP contribution >= 0.6 is 11.3 Å². The molecule has 0 saturated carbocycles. The van der Waals surface area contributed by atoms with Crippen molar-refractivity contribution in [2.24, 2.45) is 0 Å². The first kappa shape index (κ1) is 14.3. The Bertz CT molecular complexity index is 491. The average molecular weight is 273 g/mol. The molecule has 0 saturated heterocycles. The maximum Gasteiger partial charge on any atom is 0.0388 e. The van der Waals surface area contributed by atoms with E-state index in [0.29, 0.717) is 6.04 Å². The van der Waals surface area contributed by atoms with Crippen LogP contribution in [0.2, 0.25) is 0 Å². The van der Waals surface area contributed by atoms with E-state index in [2.05, 4.69) is 74.8 Å². The van der Waals surface area contributed by atoms with E-state index in [0.717, 1.165) is 6.54 Å². The number of hydrogen-bond donors (Lipinski definition) is 1. The van der Waals surface area contributed by atoms with Gasteiger partial charge in [0.05, 0.1) is 0 Å². The minimum absolute atomic E-state index is 0.232. The molecule has 1 aromatic heterocycles. The molecule has 0 amide bonds. The molecule has 1 heterocycles. The fourth-order valence-corrected chi connectivity index (χ4v) is 2.79. The molecule has 2 rings (SSSR count). The van der Waals surface area contributed by atoms with Crippen LogP contribution in [0.15, 0.2) is 41.8 Å². The highest BCUT2D eigenvalue weighted by molar-refractivity contribution is 7.10. The Balaban J connectivity index is 1.93. The summed E-state index contributed by atoms with van der Waals surface area (Å²) in [6.07, 6.45) is 0. The molecule has 0 aliphatic heterocycles. The van der Waals surface area contributed by atoms with Crippen LogP contribution in [0.4, 0.5) is 0 Å². The van der Waals surface area contributed by atoms with Gasteiger partial charge in [0.2, 0.25) is 0 Å². The number of nitrogens with one attached hydrogen (secondary N) is 1. The first-order valence-electron chi connectivity index (χ1n) is 6.83. The SMILES string of the molecule is C[C@H](NCc1ccc(C(C)(C)C)cc1)c1cccs1. The molecule has 1 nitrogen and oxygen atoms in total. The molecular formula is C17H23NS. The smallest absolute Gasteiger partial charge is 0.0388 e. The van der Waals surface area contributed by atoms with Crippen LogP contribution in [0.3, 0.4) is 0 Å². The van der Waals surface area contributed by atoms with Gasteiger partial charge in [-0.15, -0.1) is 11.3 Å². The van der Waals surface area contributed by atoms with Gasteiger partial charge in [0.1, 0.15) is 0 Å². The number of thiophene rings is 1. The Morgan fingerprint density at radius 3 is 2.32 bits per heavy atom. The fraction of sp³-hybridized carbons (Fsp3) is 0.412. The summed E-state index contributed by atoms with van der Waals surface area (Å²) in [4.78, 5) is 1.39. The summed E-state index contributed by atoms with van der Waals surface area (Å²) in [7, 11) is 0. The third kappa shape index (κ3) is 3.92. The van der Waals surface area contributed by atoms with Crippen LogP contribution in [0, 0.1) is 0 Å². The second-order valence-electron chi connectivity index (χ2n) is 6.06. The standard InChI is InChI=1S/C17H23NS/c1-13(16-6-5-11-19-16)18-12-14-7-9-15(10-8-14)17(2,3)4/h5-11,13,18H,12H2,1-4H3/t13-/m0/s1. The van der Waals surface area contributed by atoms with E-state index in [4.69, 9.17) is 0 Å². The predicted octanol–water partition coefficient (Wildman–Crippen LogP) is 4.90. The minimum Gasteiger partial charge on any atom is -0.305 e. The van der Waals surface area contributed by atoms with Gasteiger partial charge in [-0.1, -0.05) is 51.1 Å². The van der Waals surface area contributed by atoms with Gasteiger partial charge in [0, 0.05) is 17.5 Å². The lowest BCUT2D eigenvalue weighted by molar-refractivity contribution is 0.578. The summed E-state index contributed by atoms with van der Waals surface area (Å²) in [5.74, 6) is 0. The van der Waals surface area contributed by atoms with E-state index in [1.165, 1.54) is 16.0 Å². The molecule has 0 fully saturated rings. The van der Waals surface area contributed by atoms with Gasteiger partial charge in [-0.05, 0) is 34.9 Å². The predicted molar refractivity (Wildman–Crippen MR) is 84.7 cm³/mol. The molecule has 0 aliphatic rings. The van der Waals surface area contributed by atoms with Gasteiger partial charge >= 0.3 is 0 Å². The van der Waals surface area contributed by atoms with Crippen molar-refractivity contribution >= 4 is 11.3 Å². The summed E-state index contributed by atoms with van der Waals surface area (Å²) < 4.78 is 0. The summed E-state index contributed by atoms with van der Waals surface area (Å²) in [6.45, 7) is 9.89. The lowest BCUT2D eigenvalue weighted by Crippen LogP contribution is -2.17. The molecule has 0 unspecified atom stereocenters. The molecule has 0 radical (unpaired) electrons. The third-order valence-electron chi connectivity index (χ3n) is 3.40. The van der Waals surface area contributed by atoms with E-state index in [1.54, 1.807) is 0 Å². The van der Waals surface area contributed by atoms with Gasteiger partial charge < -0.3 is 5.32 Å². The highest BCUT2D eigenvalue weighted by Crippen LogP contribution is 2.23. The molecule has 2 heteroatoms. The van der Waals surface area contributed by atoms with E-state index in [-0.39, 0.29) is 5.41 Å². The summed E-state index contributed by atoms with van der Waals surface area (Å²) >= 11 is 1.81. The number of benzene rings is 1. The van der Waals surface area contributed by atoms with Gasteiger partial charge in [-0.3, -0.25) is 0 Å². The van der Waals surface area contributed by atoms with Crippen LogP contribution in [-0.4, -0.2) is 0 Å². The Morgan fingerprint density at radius 1 is 1.11 bits per heavy atom. The van der Waals surface area contributed by atoms with Crippen molar-refractivity contribution in [1.82, 2.24) is 5.32 Å². The highest BCUT2D eigenvalue weighted by Gasteiger charge is 2.13. The Kier molecular flexibility index (Phi) is 4.43. The first-order valence-corrected chi connectivity index (χ1v) is 7.71. The van der Waals surface area contributed by atoms with Crippen molar-refractivity contribution in [2.45, 2.75) is 45.7 Å². The molecule has 0 bridgehead atoms. The van der Waals surface area contributed by atoms with E-state index < -0.39 is 0 Å². The molecule has 19 heavy (non-hydrogen) atoms. The van der Waals surface area contributed by atoms with Crippen LogP contribution < -0.4 is 5.32 Å². The zero-order chi connectivity index (χ0) is 13.9. The fourth-order valence-electron chi connectivity index (χ4n) is 2.03. The first-order chi connectivity index (χ1) is 8.97. The van der Waals surface area contributed by atoms with Crippen molar-refractivity contribution in [3.8, 4) is 0 Å². The van der Waals surface area contributed by atoms with E-state index >= 15 is 0 Å². The average Bonchev–Trinajstić information content (AvgIpc) is 2.89. The Labute approximate surface area is 120 Å². The molecule has 102 valence electrons. The summed E-state index contributed by atoms with van der Waals surface area (Å²) in [5.41, 5.74) is 2.97.